The quantitative estimate of drug-likeness (QED) is 0.0203. The number of piperazine rings is 1. The van der Waals surface area contributed by atoms with Gasteiger partial charge < -0.3 is 76.5 Å². The Morgan fingerprint density at radius 1 is 0.571 bits per heavy atom. The second-order valence-electron chi connectivity index (χ2n) is 27.3. The number of aromatic nitrogens is 8. The summed E-state index contributed by atoms with van der Waals surface area (Å²) in [5.41, 5.74) is 1.90. The van der Waals surface area contributed by atoms with E-state index in [2.05, 4.69) is 46.0 Å². The fraction of sp³-hybridized carbons (Fsp3) is 0.634. The van der Waals surface area contributed by atoms with Gasteiger partial charge in [0.25, 0.3) is 0 Å². The van der Waals surface area contributed by atoms with E-state index in [4.69, 9.17) is 39.2 Å². The van der Waals surface area contributed by atoms with Crippen LogP contribution in [0.2, 0.25) is 0 Å². The molecule has 2 fully saturated rings. The van der Waals surface area contributed by atoms with Crippen molar-refractivity contribution in [2.45, 2.75) is 166 Å². The third-order valence-corrected chi connectivity index (χ3v) is 18.5. The van der Waals surface area contributed by atoms with Gasteiger partial charge in [0.05, 0.1) is 26.2 Å². The Morgan fingerprint density at radius 3 is 1.74 bits per heavy atom. The number of benzene rings is 1. The van der Waals surface area contributed by atoms with Gasteiger partial charge in [0, 0.05) is 134 Å². The zero-order chi connectivity index (χ0) is 82.2. The molecule has 0 saturated carbocycles. The lowest BCUT2D eigenvalue weighted by molar-refractivity contribution is -0.772. The van der Waals surface area contributed by atoms with Gasteiger partial charge in [-0.05, 0) is 87.3 Å². The lowest BCUT2D eigenvalue weighted by Gasteiger charge is -2.37. The molecule has 0 spiro atoms. The van der Waals surface area contributed by atoms with Crippen LogP contribution in [-0.2, 0) is 101 Å². The van der Waals surface area contributed by atoms with Crippen molar-refractivity contribution in [3.05, 3.63) is 71.8 Å². The number of carbonyl (C=O) groups is 10. The molecule has 618 valence electrons. The highest BCUT2D eigenvalue weighted by Crippen LogP contribution is 2.20. The monoisotopic (exact) mass is 1580 g/mol. The summed E-state index contributed by atoms with van der Waals surface area (Å²) in [5.74, 6) is -7.04. The summed E-state index contributed by atoms with van der Waals surface area (Å²) in [6.07, 6.45) is 18.4. The highest BCUT2D eigenvalue weighted by molar-refractivity contribution is 5.86. The Hall–Kier alpha value is -10.8. The average Bonchev–Trinajstić information content (AvgIpc) is 1.05. The minimum Gasteiger partial charge on any atom is -0.481 e. The summed E-state index contributed by atoms with van der Waals surface area (Å²) in [6.45, 7) is 7.31. The van der Waals surface area contributed by atoms with Gasteiger partial charge in [-0.25, -0.2) is 24.2 Å². The number of hydrogen-bond donors (Lipinski definition) is 12. The maximum Gasteiger partial charge on any atom is 0.373 e. The van der Waals surface area contributed by atoms with E-state index in [1.54, 1.807) is 37.8 Å². The molecule has 1 aromatic carbocycles. The first kappa shape index (κ1) is 93.6. The predicted molar refractivity (Wildman–Crippen MR) is 393 cm³/mol. The number of hydrogen-bond acceptors (Lipinski definition) is 27. The number of imidazole rings is 1. The second-order valence-corrected chi connectivity index (χ2v) is 27.3. The Bertz CT molecular complexity index is 3570. The fourth-order valence-electron chi connectivity index (χ4n) is 12.8. The van der Waals surface area contributed by atoms with E-state index in [1.807, 2.05) is 41.1 Å². The van der Waals surface area contributed by atoms with Crippen LogP contribution in [0.4, 0.5) is 16.7 Å². The van der Waals surface area contributed by atoms with E-state index in [1.165, 1.54) is 10.9 Å². The number of aliphatic carboxylic acids is 8. The van der Waals surface area contributed by atoms with Crippen molar-refractivity contribution in [2.24, 2.45) is 0 Å². The number of carboxylic acid groups (broad SMARTS) is 8. The summed E-state index contributed by atoms with van der Waals surface area (Å²) in [7, 11) is 1.93. The summed E-state index contributed by atoms with van der Waals surface area (Å²) >= 11 is 0. The highest BCUT2D eigenvalue weighted by Gasteiger charge is 2.29. The van der Waals surface area contributed by atoms with E-state index in [0.29, 0.717) is 128 Å². The molecule has 0 bridgehead atoms. The molecule has 0 radical (unpaired) electrons. The summed E-state index contributed by atoms with van der Waals surface area (Å²) in [4.78, 5) is 186. The zero-order valence-corrected chi connectivity index (χ0v) is 63.3. The second kappa shape index (κ2) is 53.2. The van der Waals surface area contributed by atoms with Gasteiger partial charge in [0.1, 0.15) is 30.3 Å². The highest BCUT2D eigenvalue weighted by atomic mass is 16.4. The van der Waals surface area contributed by atoms with Crippen molar-refractivity contribution in [3.8, 4) is 0 Å². The van der Waals surface area contributed by atoms with E-state index in [9.17, 15) is 83.7 Å². The van der Waals surface area contributed by atoms with Crippen molar-refractivity contribution in [2.75, 3.05) is 135 Å². The number of amides is 3. The molecule has 2 aliphatic rings. The van der Waals surface area contributed by atoms with Crippen LogP contribution in [0.1, 0.15) is 132 Å². The third kappa shape index (κ3) is 39.7. The Morgan fingerprint density at radius 2 is 1.13 bits per heavy atom. The first-order valence-electron chi connectivity index (χ1n) is 37.3. The largest absolute Gasteiger partial charge is 0.481 e. The van der Waals surface area contributed by atoms with Crippen LogP contribution in [0, 0.1) is 0 Å². The van der Waals surface area contributed by atoms with Crippen LogP contribution < -0.4 is 30.8 Å². The van der Waals surface area contributed by atoms with E-state index < -0.39 is 72.3 Å². The van der Waals surface area contributed by atoms with Crippen LogP contribution in [0.25, 0.3) is 0 Å². The number of rotatable bonds is 49. The topological polar surface area (TPSA) is 550 Å². The maximum atomic E-state index is 12.5. The smallest absolute Gasteiger partial charge is 0.373 e. The number of nitrogens with one attached hydrogen (secondary N) is 4. The number of nitrogens with zero attached hydrogens (tertiary/aromatic N) is 15. The van der Waals surface area contributed by atoms with Crippen LogP contribution in [-0.4, -0.2) is 320 Å². The molecule has 2 saturated heterocycles. The number of urea groups is 1. The average molecular weight is 1580 g/mol. The van der Waals surface area contributed by atoms with E-state index in [-0.39, 0.29) is 89.6 Å². The van der Waals surface area contributed by atoms with Crippen LogP contribution in [0.15, 0.2) is 49.1 Å². The van der Waals surface area contributed by atoms with Gasteiger partial charge in [-0.3, -0.25) is 53.3 Å². The lowest BCUT2D eigenvalue weighted by Crippen LogP contribution is -2.52. The minimum absolute atomic E-state index is 0.0371. The molecule has 3 amide bonds. The van der Waals surface area contributed by atoms with Gasteiger partial charge in [0.15, 0.2) is 12.9 Å². The van der Waals surface area contributed by atoms with Gasteiger partial charge in [-0.15, -0.1) is 4.68 Å². The molecule has 6 rings (SSSR count). The van der Waals surface area contributed by atoms with E-state index >= 15 is 0 Å². The standard InChI is InChI=1S/C69H107N19O18.2CO2/c1-79-31-32-81(45-60(92)93)33-34-82(46-61(94)95)37-40-85(47-62(96)97)53(43-79)41-51-17-19-52(20-18-51)42-56-76-67(72-24-11-8-14-28-83(44-57-70-25-29-86(57)48-63(98)99)50-88-73-26-30-87(88)49-64(100)101)78-68(77-56)84-38-35-80(36-39-84)27-13-7-5-3-2-4-6-9-16-58(89)71-23-12-10-15-54(65(102)103)74-69(106)75-55(66(104)105)21-22-59(90)91;2*2-1-3/h17-20,25-26,29-30,53-55H,2-16,21-24,27-28,31-50H2,1H3,(H11-,71,72,74,75,76,77,78,89,90,91,92,93,94,95,96,97,98,99,100,101,102,103,104,105,106);;/p+1/t53?,54-,55-;;/m0../s1. The van der Waals surface area contributed by atoms with Crippen molar-refractivity contribution in [1.82, 2.24) is 79.7 Å². The van der Waals surface area contributed by atoms with Crippen molar-refractivity contribution in [1.29, 1.82) is 0 Å². The molecule has 4 aromatic rings. The number of carboxylic acids is 8. The lowest BCUT2D eigenvalue weighted by atomic mass is 10.0. The molecule has 41 nitrogen and oxygen atoms in total. The van der Waals surface area contributed by atoms with Crippen LogP contribution in [0.5, 0.6) is 0 Å². The Balaban J connectivity index is 0.00000426. The Labute approximate surface area is 647 Å². The molecule has 12 N–H and O–H groups in total. The summed E-state index contributed by atoms with van der Waals surface area (Å²) in [5, 5.41) is 91.2. The number of carbonyl (C=O) groups excluding carboxylic acids is 6. The molecule has 0 aliphatic carbocycles. The SMILES string of the molecule is CN1CCN(CC(=O)O)CCN(CC(=O)O)CCN(CC(=O)O)C(Cc2ccc(Cc3nc(NCCCCCN(Cc4nccn4CC(=O)O)Cn4ncc[n+]4CC(=O)O)nc(N4CCN(CCCCCCCCCCC(=O)NCCCC[C@H](NC(=O)N[C@@H](CCC(=O)O)C(=O)O)C(=O)O)CC4)n3)cc2)C1.O=C=O.O=C=O. The molecule has 5 heterocycles. The third-order valence-electron chi connectivity index (χ3n) is 18.5. The van der Waals surface area contributed by atoms with E-state index in [0.717, 1.165) is 101 Å². The molecule has 1 unspecified atom stereocenters. The zero-order valence-electron chi connectivity index (χ0n) is 63.3. The van der Waals surface area contributed by atoms with Crippen molar-refractivity contribution >= 4 is 83.9 Å². The predicted octanol–water partition coefficient (Wildman–Crippen LogP) is -0.107. The molecular formula is C71H108N19O22+. The molecule has 3 atom stereocenters. The maximum absolute atomic E-state index is 12.5. The van der Waals surface area contributed by atoms with Crippen LogP contribution >= 0.6 is 0 Å². The van der Waals surface area contributed by atoms with Crippen molar-refractivity contribution in [3.63, 3.8) is 0 Å². The van der Waals surface area contributed by atoms with Crippen LogP contribution in [0.3, 0.4) is 0 Å². The summed E-state index contributed by atoms with van der Waals surface area (Å²) in [6, 6.07) is 3.94. The van der Waals surface area contributed by atoms with Gasteiger partial charge in [-0.2, -0.15) is 34.1 Å². The molecule has 3 aromatic heterocycles. The normalized spacial score (nSPS) is 15.2. The van der Waals surface area contributed by atoms with Gasteiger partial charge in [-0.1, -0.05) is 69.2 Å². The molecular weight excluding hydrogens is 1470 g/mol. The Kier molecular flexibility index (Phi) is 44.4. The fourth-order valence-corrected chi connectivity index (χ4v) is 12.8. The first-order chi connectivity index (χ1) is 53.7. The minimum atomic E-state index is -1.50. The number of likely N-dealkylation sites (N-methyl/N-ethyl adjacent to an activating group) is 1. The number of unbranched alkanes of at least 4 members (excludes halogenated alkanes) is 10. The first-order valence-corrected chi connectivity index (χ1v) is 37.3. The number of anilines is 2. The van der Waals surface area contributed by atoms with Gasteiger partial charge in [0.2, 0.25) is 30.5 Å². The molecule has 41 heteroatoms. The summed E-state index contributed by atoms with van der Waals surface area (Å²) < 4.78 is 3.05. The molecule has 2 aliphatic heterocycles. The van der Waals surface area contributed by atoms with Crippen molar-refractivity contribution < 1.29 is 113 Å². The van der Waals surface area contributed by atoms with Gasteiger partial charge >= 0.3 is 66.1 Å². The molecule has 112 heavy (non-hydrogen) atoms.